The van der Waals surface area contributed by atoms with E-state index >= 15 is 0 Å². The molecule has 1 aliphatic heterocycles. The smallest absolute Gasteiger partial charge is 0.0713 e. The van der Waals surface area contributed by atoms with Gasteiger partial charge in [0, 0.05) is 29.4 Å². The molecule has 1 aliphatic rings. The van der Waals surface area contributed by atoms with Crippen molar-refractivity contribution in [2.45, 2.75) is 39.2 Å². The molecule has 1 saturated heterocycles. The highest BCUT2D eigenvalue weighted by Crippen LogP contribution is 2.41. The lowest BCUT2D eigenvalue weighted by Gasteiger charge is -2.41. The molecule has 0 atom stereocenters. The predicted octanol–water partition coefficient (Wildman–Crippen LogP) is 4.27. The van der Waals surface area contributed by atoms with E-state index in [9.17, 15) is 0 Å². The zero-order chi connectivity index (χ0) is 15.3. The van der Waals surface area contributed by atoms with Gasteiger partial charge in [0.1, 0.15) is 0 Å². The van der Waals surface area contributed by atoms with Crippen LogP contribution in [0.1, 0.15) is 38.3 Å². The lowest BCUT2D eigenvalue weighted by atomic mass is 9.85. The molecule has 0 spiro atoms. The van der Waals surface area contributed by atoms with E-state index in [0.29, 0.717) is 12.0 Å². The van der Waals surface area contributed by atoms with E-state index < -0.39 is 0 Å². The monoisotopic (exact) mass is 308 g/mol. The van der Waals surface area contributed by atoms with E-state index in [-0.39, 0.29) is 5.41 Å². The average Bonchev–Trinajstić information content (AvgIpc) is 2.43. The van der Waals surface area contributed by atoms with E-state index in [1.165, 1.54) is 29.1 Å². The van der Waals surface area contributed by atoms with Gasteiger partial charge in [0.2, 0.25) is 0 Å². The summed E-state index contributed by atoms with van der Waals surface area (Å²) in [5.41, 5.74) is 3.05. The fraction of sp³-hybridized carbons (Fsp3) is 0.667. The minimum Gasteiger partial charge on any atom is -0.380 e. The molecule has 0 N–H and O–H groups in total. The van der Waals surface area contributed by atoms with Crippen LogP contribution < -0.4 is 0 Å². The van der Waals surface area contributed by atoms with Gasteiger partial charge in [-0.2, -0.15) is 11.8 Å². The molecular formula is C18H28O2S. The van der Waals surface area contributed by atoms with Crippen LogP contribution in [0.2, 0.25) is 0 Å². The van der Waals surface area contributed by atoms with Crippen molar-refractivity contribution in [2.75, 3.05) is 31.8 Å². The number of rotatable bonds is 8. The van der Waals surface area contributed by atoms with Crippen LogP contribution >= 0.6 is 11.8 Å². The lowest BCUT2D eigenvalue weighted by Crippen LogP contribution is -2.40. The Bertz CT molecular complexity index is 430. The molecule has 1 aromatic carbocycles. The Morgan fingerprint density at radius 2 is 1.86 bits per heavy atom. The largest absolute Gasteiger partial charge is 0.380 e. The number of hydrogen-bond acceptors (Lipinski definition) is 3. The van der Waals surface area contributed by atoms with E-state index in [1.54, 1.807) is 7.11 Å². The third kappa shape index (κ3) is 4.24. The van der Waals surface area contributed by atoms with Crippen molar-refractivity contribution in [3.05, 3.63) is 35.4 Å². The van der Waals surface area contributed by atoms with Crippen molar-refractivity contribution in [1.82, 2.24) is 0 Å². The number of ether oxygens (including phenoxy) is 2. The number of hydrogen-bond donors (Lipinski definition) is 0. The number of thioether (sulfide) groups is 1. The Morgan fingerprint density at radius 1 is 1.19 bits per heavy atom. The predicted molar refractivity (Wildman–Crippen MR) is 91.0 cm³/mol. The van der Waals surface area contributed by atoms with Crippen LogP contribution in [0.15, 0.2) is 24.3 Å². The SMILES string of the molecule is CCC1(COCC(C)(C)c2ccc(COC)cc2)CSC1. The topological polar surface area (TPSA) is 18.5 Å². The summed E-state index contributed by atoms with van der Waals surface area (Å²) in [6.45, 7) is 9.15. The molecule has 2 nitrogen and oxygen atoms in total. The highest BCUT2D eigenvalue weighted by Gasteiger charge is 2.36. The van der Waals surface area contributed by atoms with Gasteiger partial charge in [-0.05, 0) is 17.5 Å². The first kappa shape index (κ1) is 16.9. The second-order valence-corrected chi connectivity index (χ2v) is 7.84. The third-order valence-electron chi connectivity index (χ3n) is 4.48. The van der Waals surface area contributed by atoms with Crippen molar-refractivity contribution in [2.24, 2.45) is 5.41 Å². The van der Waals surface area contributed by atoms with Gasteiger partial charge < -0.3 is 9.47 Å². The van der Waals surface area contributed by atoms with Gasteiger partial charge in [-0.15, -0.1) is 0 Å². The van der Waals surface area contributed by atoms with E-state index in [4.69, 9.17) is 9.47 Å². The van der Waals surface area contributed by atoms with Crippen molar-refractivity contribution >= 4 is 11.8 Å². The van der Waals surface area contributed by atoms with Gasteiger partial charge in [0.15, 0.2) is 0 Å². The van der Waals surface area contributed by atoms with Crippen LogP contribution in [0, 0.1) is 5.41 Å². The Balaban J connectivity index is 1.88. The summed E-state index contributed by atoms with van der Waals surface area (Å²) in [6.07, 6.45) is 1.23. The summed E-state index contributed by atoms with van der Waals surface area (Å²) < 4.78 is 11.3. The molecule has 0 amide bonds. The molecule has 118 valence electrons. The van der Waals surface area contributed by atoms with Crippen LogP contribution in [0.4, 0.5) is 0 Å². The molecule has 0 bridgehead atoms. The van der Waals surface area contributed by atoms with E-state index in [1.807, 2.05) is 11.8 Å². The minimum atomic E-state index is 0.0530. The summed E-state index contributed by atoms with van der Waals surface area (Å²) >= 11 is 2.04. The van der Waals surface area contributed by atoms with Gasteiger partial charge in [-0.3, -0.25) is 0 Å². The van der Waals surface area contributed by atoms with Crippen molar-refractivity contribution in [3.8, 4) is 0 Å². The van der Waals surface area contributed by atoms with Crippen LogP contribution in [0.5, 0.6) is 0 Å². The number of methoxy groups -OCH3 is 1. The van der Waals surface area contributed by atoms with Gasteiger partial charge in [0.25, 0.3) is 0 Å². The quantitative estimate of drug-likeness (QED) is 0.714. The molecule has 3 heteroatoms. The Morgan fingerprint density at radius 3 is 2.33 bits per heavy atom. The summed E-state index contributed by atoms with van der Waals surface area (Å²) in [7, 11) is 1.73. The zero-order valence-electron chi connectivity index (χ0n) is 13.8. The summed E-state index contributed by atoms with van der Waals surface area (Å²) in [5, 5.41) is 0. The van der Waals surface area contributed by atoms with Gasteiger partial charge >= 0.3 is 0 Å². The Hall–Kier alpha value is -0.510. The molecule has 1 aromatic rings. The fourth-order valence-electron chi connectivity index (χ4n) is 2.61. The summed E-state index contributed by atoms with van der Waals surface area (Å²) in [4.78, 5) is 0. The fourth-order valence-corrected chi connectivity index (χ4v) is 3.96. The second kappa shape index (κ2) is 7.17. The van der Waals surface area contributed by atoms with E-state index in [0.717, 1.165) is 13.2 Å². The maximum Gasteiger partial charge on any atom is 0.0713 e. The molecule has 0 aliphatic carbocycles. The molecular weight excluding hydrogens is 280 g/mol. The standard InChI is InChI=1S/C18H28O2S/c1-5-18(13-21-14-18)12-20-11-17(2,3)16-8-6-15(7-9-16)10-19-4/h6-9H,5,10-14H2,1-4H3. The highest BCUT2D eigenvalue weighted by molar-refractivity contribution is 8.00. The van der Waals surface area contributed by atoms with Crippen molar-refractivity contribution < 1.29 is 9.47 Å². The molecule has 0 aromatic heterocycles. The normalized spacial score (nSPS) is 17.5. The first-order valence-corrected chi connectivity index (χ1v) is 8.91. The highest BCUT2D eigenvalue weighted by atomic mass is 32.2. The molecule has 0 saturated carbocycles. The van der Waals surface area contributed by atoms with Crippen molar-refractivity contribution in [3.63, 3.8) is 0 Å². The van der Waals surface area contributed by atoms with Crippen molar-refractivity contribution in [1.29, 1.82) is 0 Å². The number of benzene rings is 1. The van der Waals surface area contributed by atoms with Gasteiger partial charge in [-0.1, -0.05) is 45.0 Å². The molecule has 0 radical (unpaired) electrons. The van der Waals surface area contributed by atoms with Gasteiger partial charge in [0.05, 0.1) is 19.8 Å². The van der Waals surface area contributed by atoms with Gasteiger partial charge in [-0.25, -0.2) is 0 Å². The summed E-state index contributed by atoms with van der Waals surface area (Å²) in [5.74, 6) is 2.52. The first-order chi connectivity index (χ1) is 10.0. The Labute approximate surface area is 133 Å². The van der Waals surface area contributed by atoms with Crippen LogP contribution in [-0.4, -0.2) is 31.8 Å². The molecule has 0 unspecified atom stereocenters. The second-order valence-electron chi connectivity index (χ2n) is 6.85. The molecule has 21 heavy (non-hydrogen) atoms. The zero-order valence-corrected chi connectivity index (χ0v) is 14.6. The van der Waals surface area contributed by atoms with Crippen LogP contribution in [0.25, 0.3) is 0 Å². The van der Waals surface area contributed by atoms with E-state index in [2.05, 4.69) is 45.0 Å². The van der Waals surface area contributed by atoms with Crippen LogP contribution in [-0.2, 0) is 21.5 Å². The third-order valence-corrected chi connectivity index (χ3v) is 6.12. The maximum atomic E-state index is 6.09. The molecule has 1 heterocycles. The minimum absolute atomic E-state index is 0.0530. The first-order valence-electron chi connectivity index (χ1n) is 7.75. The Kier molecular flexibility index (Phi) is 5.75. The maximum absolute atomic E-state index is 6.09. The molecule has 2 rings (SSSR count). The summed E-state index contributed by atoms with van der Waals surface area (Å²) in [6, 6.07) is 8.70. The molecule has 1 fully saturated rings. The average molecular weight is 308 g/mol. The lowest BCUT2D eigenvalue weighted by molar-refractivity contribution is 0.0349. The van der Waals surface area contributed by atoms with Crippen LogP contribution in [0.3, 0.4) is 0 Å².